The van der Waals surface area contributed by atoms with Crippen LogP contribution in [-0.4, -0.2) is 55.5 Å². The smallest absolute Gasteiger partial charge is 0.234 e. The van der Waals surface area contributed by atoms with E-state index in [0.29, 0.717) is 18.8 Å². The Bertz CT molecular complexity index is 1010. The molecule has 7 heteroatoms. The highest BCUT2D eigenvalue weighted by Gasteiger charge is 2.21. The predicted molar refractivity (Wildman–Crippen MR) is 117 cm³/mol. The Labute approximate surface area is 181 Å². The number of carbonyl (C=O) groups is 1. The summed E-state index contributed by atoms with van der Waals surface area (Å²) < 4.78 is 24.8. The third-order valence-electron chi connectivity index (χ3n) is 5.72. The Morgan fingerprint density at radius 3 is 2.61 bits per heavy atom. The number of carbonyl (C=O) groups excluding carboxylic acids is 1. The number of nitrogens with one attached hydrogen (secondary N) is 1. The number of rotatable bonds is 7. The number of para-hydroxylation sites is 1. The molecule has 164 valence electrons. The van der Waals surface area contributed by atoms with E-state index in [9.17, 15) is 9.18 Å². The number of hydrogen-bond donors (Lipinski definition) is 1. The van der Waals surface area contributed by atoms with E-state index in [2.05, 4.69) is 15.1 Å². The van der Waals surface area contributed by atoms with Crippen LogP contribution in [0.5, 0.6) is 5.75 Å². The maximum Gasteiger partial charge on any atom is 0.234 e. The molecule has 0 spiro atoms. The van der Waals surface area contributed by atoms with Crippen molar-refractivity contribution >= 4 is 16.9 Å². The van der Waals surface area contributed by atoms with E-state index in [1.54, 1.807) is 13.2 Å². The Balaban J connectivity index is 1.26. The van der Waals surface area contributed by atoms with Crippen LogP contribution in [0, 0.1) is 5.82 Å². The number of benzene rings is 2. The van der Waals surface area contributed by atoms with Gasteiger partial charge in [-0.15, -0.1) is 0 Å². The van der Waals surface area contributed by atoms with Crippen LogP contribution in [0.3, 0.4) is 0 Å². The highest BCUT2D eigenvalue weighted by atomic mass is 19.1. The van der Waals surface area contributed by atoms with Crippen molar-refractivity contribution < 1.29 is 18.3 Å². The van der Waals surface area contributed by atoms with Gasteiger partial charge in [0.05, 0.1) is 19.7 Å². The van der Waals surface area contributed by atoms with E-state index in [4.69, 9.17) is 9.15 Å². The van der Waals surface area contributed by atoms with Crippen LogP contribution in [0.25, 0.3) is 11.0 Å². The average Bonchev–Trinajstić information content (AvgIpc) is 3.20. The Hall–Kier alpha value is -2.90. The van der Waals surface area contributed by atoms with E-state index in [1.807, 2.05) is 37.3 Å². The molecule has 6 nitrogen and oxygen atoms in total. The Morgan fingerprint density at radius 2 is 1.87 bits per heavy atom. The molecule has 1 fully saturated rings. The number of methoxy groups -OCH3 is 1. The molecule has 2 aromatic carbocycles. The highest BCUT2D eigenvalue weighted by molar-refractivity contribution is 5.80. The molecule has 3 aromatic rings. The van der Waals surface area contributed by atoms with Crippen molar-refractivity contribution in [3.63, 3.8) is 0 Å². The Morgan fingerprint density at radius 1 is 1.13 bits per heavy atom. The third kappa shape index (κ3) is 5.24. The van der Waals surface area contributed by atoms with Crippen LogP contribution in [-0.2, 0) is 11.3 Å². The lowest BCUT2D eigenvalue weighted by molar-refractivity contribution is -0.123. The molecule has 1 amide bonds. The van der Waals surface area contributed by atoms with Gasteiger partial charge in [0.1, 0.15) is 22.9 Å². The van der Waals surface area contributed by atoms with Gasteiger partial charge < -0.3 is 14.5 Å². The van der Waals surface area contributed by atoms with E-state index < -0.39 is 0 Å². The van der Waals surface area contributed by atoms with Crippen molar-refractivity contribution in [2.45, 2.75) is 19.5 Å². The van der Waals surface area contributed by atoms with Crippen LogP contribution in [0.4, 0.5) is 4.39 Å². The standard InChI is InChI=1S/C24H28FN3O3/c1-17(23-14-18-5-3-4-6-22(18)31-23)26-24(29)16-28-11-9-27(10-12-28)15-19-13-20(25)7-8-21(19)30-2/h3-8,13-14,17H,9-12,15-16H2,1-2H3,(H,26,29)/t17-/m1/s1. The van der Waals surface area contributed by atoms with Gasteiger partial charge in [-0.05, 0) is 37.3 Å². The molecule has 1 N–H and O–H groups in total. The zero-order valence-electron chi connectivity index (χ0n) is 17.9. The minimum Gasteiger partial charge on any atom is -0.496 e. The first-order chi connectivity index (χ1) is 15.0. The van der Waals surface area contributed by atoms with Crippen LogP contribution < -0.4 is 10.1 Å². The SMILES string of the molecule is COc1ccc(F)cc1CN1CCN(CC(=O)N[C@H](C)c2cc3ccccc3o2)CC1. The molecule has 4 rings (SSSR count). The van der Waals surface area contributed by atoms with Gasteiger partial charge in [-0.3, -0.25) is 14.6 Å². The second kappa shape index (κ2) is 9.49. The number of fused-ring (bicyclic) bond motifs is 1. The normalized spacial score (nSPS) is 16.4. The van der Waals surface area contributed by atoms with Gasteiger partial charge in [0.2, 0.25) is 5.91 Å². The van der Waals surface area contributed by atoms with Gasteiger partial charge in [0, 0.05) is 43.7 Å². The van der Waals surface area contributed by atoms with Crippen LogP contribution in [0.15, 0.2) is 52.9 Å². The van der Waals surface area contributed by atoms with Crippen molar-refractivity contribution in [2.24, 2.45) is 0 Å². The monoisotopic (exact) mass is 425 g/mol. The van der Waals surface area contributed by atoms with Crippen molar-refractivity contribution in [3.05, 3.63) is 65.7 Å². The number of amides is 1. The van der Waals surface area contributed by atoms with E-state index in [1.165, 1.54) is 12.1 Å². The molecule has 1 saturated heterocycles. The lowest BCUT2D eigenvalue weighted by atomic mass is 10.1. The van der Waals surface area contributed by atoms with Crippen molar-refractivity contribution in [1.29, 1.82) is 0 Å². The van der Waals surface area contributed by atoms with E-state index in [0.717, 1.165) is 48.5 Å². The van der Waals surface area contributed by atoms with Gasteiger partial charge in [-0.2, -0.15) is 0 Å². The van der Waals surface area contributed by atoms with E-state index >= 15 is 0 Å². The number of nitrogens with zero attached hydrogens (tertiary/aromatic N) is 2. The number of halogens is 1. The fraction of sp³-hybridized carbons (Fsp3) is 0.375. The van der Waals surface area contributed by atoms with Crippen LogP contribution >= 0.6 is 0 Å². The topological polar surface area (TPSA) is 58.0 Å². The van der Waals surface area contributed by atoms with Crippen molar-refractivity contribution in [3.8, 4) is 5.75 Å². The van der Waals surface area contributed by atoms with Gasteiger partial charge in [-0.25, -0.2) is 4.39 Å². The summed E-state index contributed by atoms with van der Waals surface area (Å²) in [5, 5.41) is 4.06. The second-order valence-electron chi connectivity index (χ2n) is 7.98. The molecule has 1 aliphatic rings. The summed E-state index contributed by atoms with van der Waals surface area (Å²) >= 11 is 0. The quantitative estimate of drug-likeness (QED) is 0.627. The van der Waals surface area contributed by atoms with Gasteiger partial charge >= 0.3 is 0 Å². The van der Waals surface area contributed by atoms with Crippen molar-refractivity contribution in [2.75, 3.05) is 39.8 Å². The molecule has 2 heterocycles. The van der Waals surface area contributed by atoms with Gasteiger partial charge in [-0.1, -0.05) is 18.2 Å². The lowest BCUT2D eigenvalue weighted by Crippen LogP contribution is -2.49. The number of hydrogen-bond acceptors (Lipinski definition) is 5. The summed E-state index contributed by atoms with van der Waals surface area (Å²) in [7, 11) is 1.60. The molecular weight excluding hydrogens is 397 g/mol. The molecule has 0 aliphatic carbocycles. The van der Waals surface area contributed by atoms with Gasteiger partial charge in [0.25, 0.3) is 0 Å². The number of furan rings is 1. The summed E-state index contributed by atoms with van der Waals surface area (Å²) in [5.74, 6) is 1.17. The zero-order chi connectivity index (χ0) is 21.8. The predicted octanol–water partition coefficient (Wildman–Crippen LogP) is 3.58. The second-order valence-corrected chi connectivity index (χ2v) is 7.98. The molecule has 0 bridgehead atoms. The van der Waals surface area contributed by atoms with Crippen molar-refractivity contribution in [1.82, 2.24) is 15.1 Å². The summed E-state index contributed by atoms with van der Waals surface area (Å²) in [6, 6.07) is 14.2. The molecule has 1 atom stereocenters. The van der Waals surface area contributed by atoms with E-state index in [-0.39, 0.29) is 17.8 Å². The molecule has 0 saturated carbocycles. The largest absolute Gasteiger partial charge is 0.496 e. The molecule has 1 aromatic heterocycles. The van der Waals surface area contributed by atoms with Crippen LogP contribution in [0.2, 0.25) is 0 Å². The molecule has 0 radical (unpaired) electrons. The number of ether oxygens (including phenoxy) is 1. The zero-order valence-corrected chi connectivity index (χ0v) is 17.9. The first kappa shape index (κ1) is 21.3. The summed E-state index contributed by atoms with van der Waals surface area (Å²) in [6.07, 6.45) is 0. The van der Waals surface area contributed by atoms with Crippen LogP contribution in [0.1, 0.15) is 24.3 Å². The lowest BCUT2D eigenvalue weighted by Gasteiger charge is -2.34. The maximum absolute atomic E-state index is 13.6. The molecule has 31 heavy (non-hydrogen) atoms. The Kier molecular flexibility index (Phi) is 6.53. The average molecular weight is 426 g/mol. The first-order valence-electron chi connectivity index (χ1n) is 10.6. The third-order valence-corrected chi connectivity index (χ3v) is 5.72. The molecule has 1 aliphatic heterocycles. The fourth-order valence-electron chi connectivity index (χ4n) is 3.99. The highest BCUT2D eigenvalue weighted by Crippen LogP contribution is 2.24. The summed E-state index contributed by atoms with van der Waals surface area (Å²) in [6.45, 7) is 6.10. The number of piperazine rings is 1. The fourth-order valence-corrected chi connectivity index (χ4v) is 3.99. The minimum atomic E-state index is -0.260. The summed E-state index contributed by atoms with van der Waals surface area (Å²) in [5.41, 5.74) is 1.66. The molecule has 0 unspecified atom stereocenters. The maximum atomic E-state index is 13.6. The first-order valence-corrected chi connectivity index (χ1v) is 10.6. The molecular formula is C24H28FN3O3. The van der Waals surface area contributed by atoms with Gasteiger partial charge in [0.15, 0.2) is 0 Å². The minimum absolute atomic E-state index is 0.0202. The summed E-state index contributed by atoms with van der Waals surface area (Å²) in [4.78, 5) is 16.9.